The molecule has 4 rings (SSSR count). The Bertz CT molecular complexity index is 1140. The van der Waals surface area contributed by atoms with Crippen molar-refractivity contribution in [3.63, 3.8) is 0 Å². The molecular formula is C27H29ClN4O2. The second kappa shape index (κ2) is 11.1. The maximum absolute atomic E-state index is 11.2. The molecule has 3 aromatic carbocycles. The highest BCUT2D eigenvalue weighted by atomic mass is 35.5. The molecule has 0 radical (unpaired) electrons. The number of hydrogen-bond acceptors (Lipinski definition) is 3. The summed E-state index contributed by atoms with van der Waals surface area (Å²) >= 11 is 6.24. The normalized spacial score (nSPS) is 14.2. The van der Waals surface area contributed by atoms with E-state index in [0.29, 0.717) is 6.54 Å². The van der Waals surface area contributed by atoms with Crippen LogP contribution in [0.2, 0.25) is 5.02 Å². The Morgan fingerprint density at radius 3 is 2.38 bits per heavy atom. The first-order valence-corrected chi connectivity index (χ1v) is 11.8. The summed E-state index contributed by atoms with van der Waals surface area (Å²) in [7, 11) is 0. The number of aliphatic imine (C=N–C) groups is 1. The van der Waals surface area contributed by atoms with E-state index >= 15 is 0 Å². The monoisotopic (exact) mass is 476 g/mol. The molecule has 176 valence electrons. The van der Waals surface area contributed by atoms with E-state index < -0.39 is 5.97 Å². The third-order valence-corrected chi connectivity index (χ3v) is 6.22. The van der Waals surface area contributed by atoms with Crippen molar-refractivity contribution in [3.05, 3.63) is 94.5 Å². The molecule has 0 atom stereocenters. The minimum Gasteiger partial charge on any atom is -0.478 e. The fourth-order valence-corrected chi connectivity index (χ4v) is 4.23. The molecule has 0 saturated carbocycles. The van der Waals surface area contributed by atoms with Crippen LogP contribution >= 0.6 is 11.6 Å². The zero-order chi connectivity index (χ0) is 23.9. The van der Waals surface area contributed by atoms with Gasteiger partial charge in [-0.1, -0.05) is 48.0 Å². The number of piperazine rings is 1. The molecule has 34 heavy (non-hydrogen) atoms. The fourth-order valence-electron chi connectivity index (χ4n) is 4.06. The van der Waals surface area contributed by atoms with Gasteiger partial charge in [-0.2, -0.15) is 0 Å². The molecule has 1 aliphatic rings. The van der Waals surface area contributed by atoms with Crippen LogP contribution in [0.3, 0.4) is 0 Å². The Labute approximate surface area is 205 Å². The highest BCUT2D eigenvalue weighted by Gasteiger charge is 2.21. The Kier molecular flexibility index (Phi) is 7.70. The zero-order valence-electron chi connectivity index (χ0n) is 19.2. The number of anilines is 2. The SMILES string of the molecule is Cc1ccc(Cl)cc1N1CCN(C(=NCCc2ccccc2)Nc2ccc(C(=O)O)cc2)CC1. The number of aryl methyl sites for hydroxylation is 1. The minimum absolute atomic E-state index is 0.263. The van der Waals surface area contributed by atoms with Gasteiger partial charge in [0, 0.05) is 49.1 Å². The van der Waals surface area contributed by atoms with Crippen LogP contribution in [0.15, 0.2) is 77.8 Å². The van der Waals surface area contributed by atoms with Crippen molar-refractivity contribution < 1.29 is 9.90 Å². The summed E-state index contributed by atoms with van der Waals surface area (Å²) in [4.78, 5) is 20.7. The average Bonchev–Trinajstić information content (AvgIpc) is 2.86. The summed E-state index contributed by atoms with van der Waals surface area (Å²) in [6, 6.07) is 23.1. The van der Waals surface area contributed by atoms with Gasteiger partial charge in [0.1, 0.15) is 0 Å². The lowest BCUT2D eigenvalue weighted by molar-refractivity contribution is 0.0697. The molecule has 1 saturated heterocycles. The number of guanidine groups is 1. The number of carboxylic acid groups (broad SMARTS) is 1. The molecule has 3 aromatic rings. The van der Waals surface area contributed by atoms with E-state index in [1.54, 1.807) is 24.3 Å². The average molecular weight is 477 g/mol. The number of aromatic carboxylic acids is 1. The van der Waals surface area contributed by atoms with Crippen molar-refractivity contribution in [1.29, 1.82) is 0 Å². The first-order valence-electron chi connectivity index (χ1n) is 11.4. The topological polar surface area (TPSA) is 68.2 Å². The number of nitrogens with zero attached hydrogens (tertiary/aromatic N) is 3. The van der Waals surface area contributed by atoms with E-state index in [2.05, 4.69) is 40.2 Å². The van der Waals surface area contributed by atoms with Crippen molar-refractivity contribution in [2.45, 2.75) is 13.3 Å². The summed E-state index contributed by atoms with van der Waals surface area (Å²) in [5, 5.41) is 13.3. The van der Waals surface area contributed by atoms with Crippen molar-refractivity contribution in [2.24, 2.45) is 4.99 Å². The van der Waals surface area contributed by atoms with Gasteiger partial charge in [-0.15, -0.1) is 0 Å². The van der Waals surface area contributed by atoms with Gasteiger partial charge in [0.05, 0.1) is 5.56 Å². The van der Waals surface area contributed by atoms with Gasteiger partial charge in [-0.25, -0.2) is 4.79 Å². The summed E-state index contributed by atoms with van der Waals surface area (Å²) in [6.07, 6.45) is 0.853. The van der Waals surface area contributed by atoms with Crippen molar-refractivity contribution in [1.82, 2.24) is 4.90 Å². The van der Waals surface area contributed by atoms with Crippen LogP contribution in [0.4, 0.5) is 11.4 Å². The molecular weight excluding hydrogens is 448 g/mol. The number of benzene rings is 3. The predicted octanol–water partition coefficient (Wildman–Crippen LogP) is 5.18. The van der Waals surface area contributed by atoms with Gasteiger partial charge in [0.25, 0.3) is 0 Å². The molecule has 0 spiro atoms. The van der Waals surface area contributed by atoms with Crippen molar-refractivity contribution in [2.75, 3.05) is 42.9 Å². The van der Waals surface area contributed by atoms with Crippen LogP contribution in [0.25, 0.3) is 0 Å². The third kappa shape index (κ3) is 6.08. The van der Waals surface area contributed by atoms with Crippen LogP contribution in [0.5, 0.6) is 0 Å². The summed E-state index contributed by atoms with van der Waals surface area (Å²) in [6.45, 7) is 6.12. The van der Waals surface area contributed by atoms with Crippen LogP contribution in [-0.4, -0.2) is 54.7 Å². The standard InChI is InChI=1S/C27H29ClN4O2/c1-20-7-10-23(28)19-25(20)31-15-17-32(18-16-31)27(29-14-13-21-5-3-2-4-6-21)30-24-11-8-22(9-12-24)26(33)34/h2-12,19H,13-18H2,1H3,(H,29,30)(H,33,34). The largest absolute Gasteiger partial charge is 0.478 e. The van der Waals surface area contributed by atoms with Gasteiger partial charge in [0.2, 0.25) is 0 Å². The lowest BCUT2D eigenvalue weighted by Gasteiger charge is -2.38. The molecule has 1 heterocycles. The Balaban J connectivity index is 1.47. The Morgan fingerprint density at radius 2 is 1.71 bits per heavy atom. The molecule has 0 unspecified atom stereocenters. The second-order valence-electron chi connectivity index (χ2n) is 8.35. The van der Waals surface area contributed by atoms with Crippen LogP contribution < -0.4 is 10.2 Å². The van der Waals surface area contributed by atoms with E-state index in [4.69, 9.17) is 16.6 Å². The number of nitrogens with one attached hydrogen (secondary N) is 1. The third-order valence-electron chi connectivity index (χ3n) is 5.98. The maximum atomic E-state index is 11.2. The second-order valence-corrected chi connectivity index (χ2v) is 8.79. The van der Waals surface area contributed by atoms with Gasteiger partial charge in [-0.3, -0.25) is 4.99 Å². The van der Waals surface area contributed by atoms with Crippen LogP contribution in [-0.2, 0) is 6.42 Å². The number of carboxylic acids is 1. The lowest BCUT2D eigenvalue weighted by atomic mass is 10.1. The first kappa shape index (κ1) is 23.6. The van der Waals surface area contributed by atoms with Crippen molar-refractivity contribution >= 4 is 34.9 Å². The number of carbonyl (C=O) groups is 1. The van der Waals surface area contributed by atoms with Gasteiger partial charge in [0.15, 0.2) is 5.96 Å². The van der Waals surface area contributed by atoms with Crippen LogP contribution in [0.1, 0.15) is 21.5 Å². The summed E-state index contributed by atoms with van der Waals surface area (Å²) in [5.41, 5.74) is 4.71. The van der Waals surface area contributed by atoms with E-state index in [1.165, 1.54) is 16.8 Å². The smallest absolute Gasteiger partial charge is 0.335 e. The molecule has 0 aromatic heterocycles. The van der Waals surface area contributed by atoms with Crippen LogP contribution in [0, 0.1) is 6.92 Å². The first-order chi connectivity index (χ1) is 16.5. The van der Waals surface area contributed by atoms with Gasteiger partial charge in [-0.05, 0) is 60.9 Å². The van der Waals surface area contributed by atoms with Gasteiger partial charge >= 0.3 is 5.97 Å². The molecule has 7 heteroatoms. The zero-order valence-corrected chi connectivity index (χ0v) is 20.0. The predicted molar refractivity (Wildman–Crippen MR) is 139 cm³/mol. The highest BCUT2D eigenvalue weighted by Crippen LogP contribution is 2.25. The summed E-state index contributed by atoms with van der Waals surface area (Å²) in [5.74, 6) is -0.128. The van der Waals surface area contributed by atoms with E-state index in [1.807, 2.05) is 30.3 Å². The molecule has 0 bridgehead atoms. The highest BCUT2D eigenvalue weighted by molar-refractivity contribution is 6.30. The Hall–Kier alpha value is -3.51. The minimum atomic E-state index is -0.935. The van der Waals surface area contributed by atoms with E-state index in [-0.39, 0.29) is 5.56 Å². The van der Waals surface area contributed by atoms with Crippen molar-refractivity contribution in [3.8, 4) is 0 Å². The molecule has 0 aliphatic carbocycles. The molecule has 1 aliphatic heterocycles. The molecule has 6 nitrogen and oxygen atoms in total. The molecule has 0 amide bonds. The fraction of sp³-hybridized carbons (Fsp3) is 0.259. The Morgan fingerprint density at radius 1 is 1.00 bits per heavy atom. The quantitative estimate of drug-likeness (QED) is 0.379. The van der Waals surface area contributed by atoms with E-state index in [0.717, 1.165) is 49.3 Å². The number of halogens is 1. The number of rotatable bonds is 6. The maximum Gasteiger partial charge on any atom is 0.335 e. The molecule has 1 fully saturated rings. The lowest BCUT2D eigenvalue weighted by Crippen LogP contribution is -2.51. The summed E-state index contributed by atoms with van der Waals surface area (Å²) < 4.78 is 0. The number of hydrogen-bond donors (Lipinski definition) is 2. The van der Waals surface area contributed by atoms with E-state index in [9.17, 15) is 9.90 Å². The molecule has 2 N–H and O–H groups in total. The van der Waals surface area contributed by atoms with Gasteiger partial charge < -0.3 is 20.2 Å².